The minimum atomic E-state index is -0.691. The molecule has 0 heterocycles. The molecular formula is C10H21ErNO. The molecule has 0 aromatic carbocycles. The maximum absolute atomic E-state index is 10.2. The van der Waals surface area contributed by atoms with Crippen molar-refractivity contribution in [1.82, 2.24) is 0 Å². The molecule has 0 fully saturated rings. The quantitative estimate of drug-likeness (QED) is 0.784. The van der Waals surface area contributed by atoms with E-state index in [1.165, 1.54) is 0 Å². The predicted octanol–water partition coefficient (Wildman–Crippen LogP) is 2.26. The first-order valence-electron chi connectivity index (χ1n) is 4.65. The number of aliphatic imine (C=N–C) groups is 1. The summed E-state index contributed by atoms with van der Waals surface area (Å²) in [6.07, 6.45) is 1.79. The van der Waals surface area contributed by atoms with Crippen molar-refractivity contribution >= 4 is 5.71 Å². The topological polar surface area (TPSA) is 32.6 Å². The average Bonchev–Trinajstić information content (AvgIpc) is 2.03. The molecule has 1 N–H and O–H groups in total. The molecule has 0 spiro atoms. The monoisotopic (exact) mass is 337 g/mol. The van der Waals surface area contributed by atoms with Gasteiger partial charge in [0, 0.05) is 50.1 Å². The van der Waals surface area contributed by atoms with Gasteiger partial charge in [-0.05, 0) is 19.3 Å². The Labute approximate surface area is 111 Å². The fourth-order valence-electron chi connectivity index (χ4n) is 1.46. The third-order valence-electron chi connectivity index (χ3n) is 2.55. The maximum Gasteiger partial charge on any atom is 0.104 e. The van der Waals surface area contributed by atoms with Crippen LogP contribution in [-0.2, 0) is 0 Å². The second-order valence-electron chi connectivity index (χ2n) is 3.64. The number of hydrogen-bond donors (Lipinski definition) is 1. The summed E-state index contributed by atoms with van der Waals surface area (Å²) in [6, 6.07) is 0. The molecule has 2 nitrogen and oxygen atoms in total. The van der Waals surface area contributed by atoms with Gasteiger partial charge in [-0.25, -0.2) is 0 Å². The van der Waals surface area contributed by atoms with Gasteiger partial charge in [0.25, 0.3) is 0 Å². The van der Waals surface area contributed by atoms with E-state index in [9.17, 15) is 5.11 Å². The molecule has 0 aromatic heterocycles. The van der Waals surface area contributed by atoms with Crippen LogP contribution in [-0.4, -0.2) is 23.5 Å². The van der Waals surface area contributed by atoms with Crippen LogP contribution in [0.2, 0.25) is 0 Å². The number of aliphatic hydroxyl groups is 1. The van der Waals surface area contributed by atoms with Gasteiger partial charge in [0.15, 0.2) is 0 Å². The Kier molecular flexibility index (Phi) is 9.04. The van der Waals surface area contributed by atoms with Crippen molar-refractivity contribution < 1.29 is 42.4 Å². The Morgan fingerprint density at radius 2 is 1.92 bits per heavy atom. The third kappa shape index (κ3) is 4.28. The molecule has 0 aliphatic carbocycles. The second-order valence-corrected chi connectivity index (χ2v) is 3.64. The second kappa shape index (κ2) is 7.21. The molecule has 0 amide bonds. The van der Waals surface area contributed by atoms with Crippen LogP contribution < -0.4 is 0 Å². The first-order valence-corrected chi connectivity index (χ1v) is 4.65. The van der Waals surface area contributed by atoms with Gasteiger partial charge < -0.3 is 5.11 Å². The van der Waals surface area contributed by atoms with E-state index < -0.39 is 5.60 Å². The summed E-state index contributed by atoms with van der Waals surface area (Å²) < 4.78 is 0. The molecule has 0 rings (SSSR count). The normalized spacial score (nSPS) is 16.7. The molecule has 0 bridgehead atoms. The van der Waals surface area contributed by atoms with E-state index in [4.69, 9.17) is 0 Å². The number of nitrogens with zero attached hydrogens (tertiary/aromatic N) is 1. The van der Waals surface area contributed by atoms with E-state index in [1.54, 1.807) is 7.05 Å². The Morgan fingerprint density at radius 1 is 1.46 bits per heavy atom. The van der Waals surface area contributed by atoms with Crippen LogP contribution in [0.25, 0.3) is 0 Å². The summed E-state index contributed by atoms with van der Waals surface area (Å²) >= 11 is 0. The van der Waals surface area contributed by atoms with Crippen molar-refractivity contribution in [3.8, 4) is 0 Å². The zero-order chi connectivity index (χ0) is 9.78. The van der Waals surface area contributed by atoms with Crippen molar-refractivity contribution in [2.45, 2.75) is 46.1 Å². The smallest absolute Gasteiger partial charge is 0.104 e. The van der Waals surface area contributed by atoms with E-state index in [1.807, 2.05) is 20.8 Å². The molecule has 0 aliphatic heterocycles. The standard InChI is InChI=1S/C10H21NO.Er/c1-6-7-10(12,8(2)3)9(4)11-5;/h8,12H,6-7H2,1-5H3;. The summed E-state index contributed by atoms with van der Waals surface area (Å²) in [5.41, 5.74) is 0.156. The molecule has 0 aromatic rings. The van der Waals surface area contributed by atoms with E-state index in [0.717, 1.165) is 18.6 Å². The molecule has 13 heavy (non-hydrogen) atoms. The van der Waals surface area contributed by atoms with Gasteiger partial charge >= 0.3 is 0 Å². The first-order chi connectivity index (χ1) is 5.49. The van der Waals surface area contributed by atoms with Crippen LogP contribution in [0.1, 0.15) is 40.5 Å². The Hall–Kier alpha value is 0.877. The zero-order valence-electron chi connectivity index (χ0n) is 9.17. The maximum atomic E-state index is 10.2. The molecule has 0 saturated carbocycles. The number of rotatable bonds is 4. The SMILES string of the molecule is CCCC(O)(C(C)=NC)C(C)C.[Er]. The molecule has 84 valence electrons. The van der Waals surface area contributed by atoms with Gasteiger partial charge in [0.2, 0.25) is 0 Å². The summed E-state index contributed by atoms with van der Waals surface area (Å²) in [5.74, 6) is 0.237. The molecule has 1 unspecified atom stereocenters. The van der Waals surface area contributed by atoms with Gasteiger partial charge in [-0.1, -0.05) is 27.2 Å². The van der Waals surface area contributed by atoms with Crippen LogP contribution in [0.5, 0.6) is 0 Å². The fraction of sp³-hybridized carbons (Fsp3) is 0.900. The van der Waals surface area contributed by atoms with Crippen LogP contribution in [0.4, 0.5) is 0 Å². The predicted molar refractivity (Wildman–Crippen MR) is 53.7 cm³/mol. The van der Waals surface area contributed by atoms with Gasteiger partial charge in [0.05, 0.1) is 0 Å². The van der Waals surface area contributed by atoms with Crippen molar-refractivity contribution in [3.05, 3.63) is 0 Å². The molecule has 1 atom stereocenters. The summed E-state index contributed by atoms with van der Waals surface area (Å²) in [6.45, 7) is 8.04. The van der Waals surface area contributed by atoms with Gasteiger partial charge in [-0.3, -0.25) is 4.99 Å². The van der Waals surface area contributed by atoms with E-state index in [0.29, 0.717) is 0 Å². The molecule has 0 saturated heterocycles. The van der Waals surface area contributed by atoms with Crippen molar-refractivity contribution in [2.75, 3.05) is 7.05 Å². The minimum Gasteiger partial charge on any atom is -0.384 e. The van der Waals surface area contributed by atoms with Crippen LogP contribution in [0, 0.1) is 43.2 Å². The van der Waals surface area contributed by atoms with Crippen molar-refractivity contribution in [1.29, 1.82) is 0 Å². The van der Waals surface area contributed by atoms with Crippen molar-refractivity contribution in [2.24, 2.45) is 10.9 Å². The van der Waals surface area contributed by atoms with E-state index in [2.05, 4.69) is 11.9 Å². The number of hydrogen-bond acceptors (Lipinski definition) is 2. The van der Waals surface area contributed by atoms with Gasteiger partial charge in [0.1, 0.15) is 5.60 Å². The molecule has 0 aliphatic rings. The largest absolute Gasteiger partial charge is 0.384 e. The Morgan fingerprint density at radius 3 is 2.15 bits per heavy atom. The molecule has 3 heteroatoms. The van der Waals surface area contributed by atoms with Crippen LogP contribution in [0.15, 0.2) is 4.99 Å². The summed E-state index contributed by atoms with van der Waals surface area (Å²) in [5, 5.41) is 10.2. The van der Waals surface area contributed by atoms with E-state index in [-0.39, 0.29) is 43.2 Å². The third-order valence-corrected chi connectivity index (χ3v) is 2.55. The summed E-state index contributed by atoms with van der Waals surface area (Å²) in [4.78, 5) is 4.07. The first kappa shape index (κ1) is 16.3. The van der Waals surface area contributed by atoms with Crippen molar-refractivity contribution in [3.63, 3.8) is 0 Å². The van der Waals surface area contributed by atoms with Crippen LogP contribution >= 0.6 is 0 Å². The fourth-order valence-corrected chi connectivity index (χ4v) is 1.46. The van der Waals surface area contributed by atoms with Gasteiger partial charge in [-0.15, -0.1) is 0 Å². The van der Waals surface area contributed by atoms with E-state index >= 15 is 0 Å². The van der Waals surface area contributed by atoms with Crippen LogP contribution in [0.3, 0.4) is 0 Å². The zero-order valence-corrected chi connectivity index (χ0v) is 11.0. The average molecular weight is 339 g/mol. The minimum absolute atomic E-state index is 0. The Balaban J connectivity index is 0. The molecular weight excluding hydrogens is 317 g/mol. The summed E-state index contributed by atoms with van der Waals surface area (Å²) in [7, 11) is 1.73. The van der Waals surface area contributed by atoms with Gasteiger partial charge in [-0.2, -0.15) is 0 Å². The molecule has 0 radical (unpaired) electrons. The Bertz CT molecular complexity index is 168.